The molecule has 1 aromatic carbocycles. The predicted octanol–water partition coefficient (Wildman–Crippen LogP) is 3.94. The smallest absolute Gasteiger partial charge is 0.137 e. The lowest BCUT2D eigenvalue weighted by atomic mass is 10.0. The maximum absolute atomic E-state index is 13.9. The van der Waals surface area contributed by atoms with E-state index in [-0.39, 0.29) is 0 Å². The highest BCUT2D eigenvalue weighted by Crippen LogP contribution is 2.25. The van der Waals surface area contributed by atoms with Crippen LogP contribution in [0, 0.1) is 0 Å². The Bertz CT molecular complexity index is 516. The van der Waals surface area contributed by atoms with Crippen LogP contribution in [0.3, 0.4) is 0 Å². The summed E-state index contributed by atoms with van der Waals surface area (Å²) < 4.78 is 19.3. The minimum atomic E-state index is -1.26. The highest BCUT2D eigenvalue weighted by atomic mass is 32.1. The minimum Gasteiger partial charge on any atom is -0.494 e. The van der Waals surface area contributed by atoms with E-state index in [4.69, 9.17) is 4.74 Å². The van der Waals surface area contributed by atoms with E-state index in [2.05, 4.69) is 4.98 Å². The second-order valence-corrected chi connectivity index (χ2v) is 5.73. The van der Waals surface area contributed by atoms with Gasteiger partial charge in [0.15, 0.2) is 0 Å². The summed E-state index contributed by atoms with van der Waals surface area (Å²) in [6, 6.07) is 7.84. The molecule has 1 heterocycles. The van der Waals surface area contributed by atoms with E-state index in [0.29, 0.717) is 24.5 Å². The highest BCUT2D eigenvalue weighted by molar-refractivity contribution is 7.09. The summed E-state index contributed by atoms with van der Waals surface area (Å²) in [7, 11) is 0. The molecule has 2 aromatic rings. The van der Waals surface area contributed by atoms with Crippen LogP contribution in [0.25, 0.3) is 0 Å². The molecule has 0 radical (unpaired) electrons. The monoisotopic (exact) mass is 309 g/mol. The summed E-state index contributed by atoms with van der Waals surface area (Å²) in [5.41, 5.74) is 1.15. The number of hydrogen-bond donors (Lipinski definition) is 1. The average Bonchev–Trinajstić information content (AvgIpc) is 3.02. The van der Waals surface area contributed by atoms with E-state index in [1.165, 1.54) is 11.3 Å². The van der Waals surface area contributed by atoms with Crippen molar-refractivity contribution < 1.29 is 14.2 Å². The molecule has 1 N–H and O–H groups in total. The first-order valence-electron chi connectivity index (χ1n) is 7.14. The van der Waals surface area contributed by atoms with Crippen LogP contribution in [-0.4, -0.2) is 22.9 Å². The quantitative estimate of drug-likeness (QED) is 0.803. The zero-order valence-corrected chi connectivity index (χ0v) is 12.9. The van der Waals surface area contributed by atoms with Crippen molar-refractivity contribution in [2.45, 2.75) is 38.5 Å². The number of halogens is 1. The zero-order chi connectivity index (χ0) is 15.1. The van der Waals surface area contributed by atoms with Gasteiger partial charge in [0.05, 0.1) is 6.61 Å². The topological polar surface area (TPSA) is 42.4 Å². The summed E-state index contributed by atoms with van der Waals surface area (Å²) >= 11 is 1.28. The van der Waals surface area contributed by atoms with Crippen LogP contribution in [0.1, 0.15) is 36.4 Å². The number of rotatable bonds is 8. The number of alkyl halides is 1. The fraction of sp³-hybridized carbons (Fsp3) is 0.438. The van der Waals surface area contributed by atoms with Crippen LogP contribution in [0.5, 0.6) is 5.75 Å². The molecule has 0 saturated heterocycles. The molecular formula is C16H20FNO2S. The molecule has 114 valence electrons. The van der Waals surface area contributed by atoms with Gasteiger partial charge in [-0.25, -0.2) is 9.37 Å². The van der Waals surface area contributed by atoms with Crippen LogP contribution in [0.15, 0.2) is 35.8 Å². The molecule has 0 amide bonds. The molecule has 2 atom stereocenters. The first-order valence-corrected chi connectivity index (χ1v) is 8.02. The minimum absolute atomic E-state index is 0.327. The fourth-order valence-corrected chi connectivity index (χ4v) is 2.78. The molecule has 0 aliphatic rings. The first kappa shape index (κ1) is 15.9. The van der Waals surface area contributed by atoms with Crippen LogP contribution in [-0.2, 0) is 6.42 Å². The molecule has 21 heavy (non-hydrogen) atoms. The Morgan fingerprint density at radius 1 is 1.33 bits per heavy atom. The summed E-state index contributed by atoms with van der Waals surface area (Å²) in [5.74, 6) is 0.851. The van der Waals surface area contributed by atoms with Crippen LogP contribution >= 0.6 is 11.3 Å². The summed E-state index contributed by atoms with van der Waals surface area (Å²) in [6.07, 6.45) is 1.02. The number of nitrogens with zero attached hydrogens (tertiary/aromatic N) is 1. The number of benzene rings is 1. The van der Waals surface area contributed by atoms with Gasteiger partial charge in [-0.15, -0.1) is 11.3 Å². The normalized spacial score (nSPS) is 13.9. The molecule has 2 rings (SSSR count). The molecule has 0 spiro atoms. The van der Waals surface area contributed by atoms with Gasteiger partial charge >= 0.3 is 0 Å². The van der Waals surface area contributed by atoms with Crippen molar-refractivity contribution in [3.63, 3.8) is 0 Å². The van der Waals surface area contributed by atoms with Gasteiger partial charge < -0.3 is 9.84 Å². The van der Waals surface area contributed by atoms with Gasteiger partial charge in [0, 0.05) is 11.6 Å². The Balaban J connectivity index is 1.75. The Labute approximate surface area is 128 Å². The van der Waals surface area contributed by atoms with Gasteiger partial charge in [-0.1, -0.05) is 12.1 Å². The first-order chi connectivity index (χ1) is 10.2. The van der Waals surface area contributed by atoms with Gasteiger partial charge in [-0.2, -0.15) is 0 Å². The maximum Gasteiger partial charge on any atom is 0.137 e. The van der Waals surface area contributed by atoms with E-state index in [0.717, 1.165) is 17.7 Å². The van der Waals surface area contributed by atoms with Gasteiger partial charge in [0.1, 0.15) is 23.0 Å². The van der Waals surface area contributed by atoms with E-state index in [9.17, 15) is 9.50 Å². The Kier molecular flexibility index (Phi) is 6.14. The third-order valence-corrected chi connectivity index (χ3v) is 4.07. The molecule has 5 heteroatoms. The second kappa shape index (κ2) is 8.10. The average molecular weight is 309 g/mol. The van der Waals surface area contributed by atoms with Crippen molar-refractivity contribution in [3.05, 3.63) is 46.4 Å². The zero-order valence-electron chi connectivity index (χ0n) is 12.0. The van der Waals surface area contributed by atoms with Crippen LogP contribution in [0.4, 0.5) is 4.39 Å². The SMILES string of the molecule is CCOc1ccc(CCCC(F)C(O)c2nccs2)cc1. The standard InChI is InChI=1S/C16H20FNO2S/c1-2-20-13-8-6-12(7-9-13)4-3-5-14(17)15(19)16-18-10-11-21-16/h6-11,14-15,19H,2-5H2,1H3. The molecule has 0 saturated carbocycles. The van der Waals surface area contributed by atoms with Gasteiger partial charge in [-0.3, -0.25) is 0 Å². The van der Waals surface area contributed by atoms with Crippen LogP contribution < -0.4 is 4.74 Å². The van der Waals surface area contributed by atoms with Gasteiger partial charge in [0.2, 0.25) is 0 Å². The Hall–Kier alpha value is -1.46. The lowest BCUT2D eigenvalue weighted by Gasteiger charge is -2.13. The van der Waals surface area contributed by atoms with E-state index < -0.39 is 12.3 Å². The number of aliphatic hydroxyl groups is 1. The van der Waals surface area contributed by atoms with E-state index in [1.54, 1.807) is 11.6 Å². The summed E-state index contributed by atoms with van der Waals surface area (Å²) in [4.78, 5) is 3.95. The highest BCUT2D eigenvalue weighted by Gasteiger charge is 2.21. The summed E-state index contributed by atoms with van der Waals surface area (Å²) in [5, 5.41) is 12.0. The van der Waals surface area contributed by atoms with Crippen molar-refractivity contribution in [1.29, 1.82) is 0 Å². The van der Waals surface area contributed by atoms with E-state index in [1.807, 2.05) is 31.2 Å². The predicted molar refractivity (Wildman–Crippen MR) is 82.5 cm³/mol. The lowest BCUT2D eigenvalue weighted by Crippen LogP contribution is -2.13. The van der Waals surface area contributed by atoms with Crippen molar-refractivity contribution in [1.82, 2.24) is 4.98 Å². The van der Waals surface area contributed by atoms with Crippen molar-refractivity contribution in [2.75, 3.05) is 6.61 Å². The van der Waals surface area contributed by atoms with Crippen LogP contribution in [0.2, 0.25) is 0 Å². The molecule has 0 bridgehead atoms. The number of ether oxygens (including phenoxy) is 1. The van der Waals surface area contributed by atoms with Gasteiger partial charge in [0.25, 0.3) is 0 Å². The molecule has 0 aliphatic carbocycles. The summed E-state index contributed by atoms with van der Waals surface area (Å²) in [6.45, 7) is 2.60. The number of aromatic nitrogens is 1. The molecule has 1 aromatic heterocycles. The second-order valence-electron chi connectivity index (χ2n) is 4.80. The third kappa shape index (κ3) is 4.79. The Morgan fingerprint density at radius 3 is 2.71 bits per heavy atom. The fourth-order valence-electron chi connectivity index (χ4n) is 2.11. The molecular weight excluding hydrogens is 289 g/mol. The third-order valence-electron chi connectivity index (χ3n) is 3.23. The molecule has 0 aliphatic heterocycles. The van der Waals surface area contributed by atoms with Crippen molar-refractivity contribution in [3.8, 4) is 5.75 Å². The van der Waals surface area contributed by atoms with Crippen molar-refractivity contribution in [2.24, 2.45) is 0 Å². The Morgan fingerprint density at radius 2 is 2.10 bits per heavy atom. The van der Waals surface area contributed by atoms with Crippen molar-refractivity contribution >= 4 is 11.3 Å². The largest absolute Gasteiger partial charge is 0.494 e. The lowest BCUT2D eigenvalue weighted by molar-refractivity contribution is 0.0710. The maximum atomic E-state index is 13.9. The molecule has 3 nitrogen and oxygen atoms in total. The van der Waals surface area contributed by atoms with E-state index >= 15 is 0 Å². The van der Waals surface area contributed by atoms with Gasteiger partial charge in [-0.05, 0) is 43.9 Å². The number of thiazole rings is 1. The number of aliphatic hydroxyl groups excluding tert-OH is 1. The number of hydrogen-bond acceptors (Lipinski definition) is 4. The molecule has 2 unspecified atom stereocenters. The number of aryl methyl sites for hydroxylation is 1. The molecule has 0 fully saturated rings.